The summed E-state index contributed by atoms with van der Waals surface area (Å²) in [5.41, 5.74) is 0. The number of aliphatic hydroxyl groups is 1. The van der Waals surface area contributed by atoms with Crippen LogP contribution in [0.5, 0.6) is 0 Å². The van der Waals surface area contributed by atoms with Gasteiger partial charge in [-0.25, -0.2) is 4.79 Å². The zero-order valence-electron chi connectivity index (χ0n) is 11.0. The summed E-state index contributed by atoms with van der Waals surface area (Å²) in [6.45, 7) is -0.328. The van der Waals surface area contributed by atoms with Crippen LogP contribution in [0.15, 0.2) is 0 Å². The van der Waals surface area contributed by atoms with E-state index in [1.165, 1.54) is 7.11 Å². The van der Waals surface area contributed by atoms with Crippen LogP contribution >= 0.6 is 0 Å². The lowest BCUT2D eigenvalue weighted by molar-refractivity contribution is -0.147. The number of rotatable bonds is 6. The van der Waals surface area contributed by atoms with Crippen LogP contribution in [-0.4, -0.2) is 67.7 Å². The van der Waals surface area contributed by atoms with Crippen molar-refractivity contribution >= 4 is 22.1 Å². The average Bonchev–Trinajstić information content (AvgIpc) is 2.44. The van der Waals surface area contributed by atoms with Gasteiger partial charge in [0.25, 0.3) is 10.2 Å². The molecule has 3 N–H and O–H groups in total. The lowest BCUT2D eigenvalue weighted by Gasteiger charge is -2.29. The minimum atomic E-state index is -3.86. The van der Waals surface area contributed by atoms with Crippen molar-refractivity contribution in [1.29, 1.82) is 0 Å². The van der Waals surface area contributed by atoms with Gasteiger partial charge in [-0.3, -0.25) is 4.79 Å². The number of methoxy groups -OCH3 is 1. The molecular weight excluding hydrogens is 292 g/mol. The Morgan fingerprint density at radius 3 is 2.40 bits per heavy atom. The summed E-state index contributed by atoms with van der Waals surface area (Å²) < 4.78 is 31.4. The molecule has 1 aliphatic rings. The standard InChI is InChI=1S/C10H18N2O7S/c1-19-10(16)7-2-4-12(5-3-7)20(17,18)11-6-8(13)9(14)15/h7-8,11,13H,2-6H2,1H3,(H,14,15). The molecule has 0 bridgehead atoms. The van der Waals surface area contributed by atoms with Crippen molar-refractivity contribution < 1.29 is 33.0 Å². The molecule has 1 fully saturated rings. The van der Waals surface area contributed by atoms with E-state index >= 15 is 0 Å². The Hall–Kier alpha value is -1.23. The quantitative estimate of drug-likeness (QED) is 0.490. The number of hydrogen-bond acceptors (Lipinski definition) is 6. The van der Waals surface area contributed by atoms with Gasteiger partial charge in [-0.1, -0.05) is 0 Å². The fourth-order valence-electron chi connectivity index (χ4n) is 1.86. The molecule has 20 heavy (non-hydrogen) atoms. The SMILES string of the molecule is COC(=O)C1CCN(S(=O)(=O)NCC(O)C(=O)O)CC1. The molecule has 1 saturated heterocycles. The van der Waals surface area contributed by atoms with Crippen LogP contribution < -0.4 is 4.72 Å². The van der Waals surface area contributed by atoms with E-state index in [1.807, 2.05) is 4.72 Å². The van der Waals surface area contributed by atoms with Gasteiger partial charge in [-0.2, -0.15) is 17.4 Å². The van der Waals surface area contributed by atoms with Gasteiger partial charge < -0.3 is 14.9 Å². The van der Waals surface area contributed by atoms with Gasteiger partial charge in [-0.15, -0.1) is 0 Å². The third kappa shape index (κ3) is 4.40. The maximum Gasteiger partial charge on any atom is 0.333 e. The average molecular weight is 310 g/mol. The van der Waals surface area contributed by atoms with E-state index in [4.69, 9.17) is 10.2 Å². The summed E-state index contributed by atoms with van der Waals surface area (Å²) in [6.07, 6.45) is -1.11. The predicted octanol–water partition coefficient (Wildman–Crippen LogP) is -1.85. The molecule has 1 aliphatic heterocycles. The van der Waals surface area contributed by atoms with E-state index in [0.717, 1.165) is 4.31 Å². The number of hydrogen-bond donors (Lipinski definition) is 3. The first-order valence-corrected chi connectivity index (χ1v) is 7.45. The number of nitrogens with zero attached hydrogens (tertiary/aromatic N) is 1. The molecule has 1 rings (SSSR count). The van der Waals surface area contributed by atoms with E-state index in [0.29, 0.717) is 12.8 Å². The van der Waals surface area contributed by atoms with Crippen LogP contribution in [0.25, 0.3) is 0 Å². The Balaban J connectivity index is 2.50. The number of nitrogens with one attached hydrogen (secondary N) is 1. The molecule has 0 aromatic carbocycles. The lowest BCUT2D eigenvalue weighted by Crippen LogP contribution is -2.48. The van der Waals surface area contributed by atoms with Gasteiger partial charge in [-0.05, 0) is 12.8 Å². The minimum Gasteiger partial charge on any atom is -0.479 e. The van der Waals surface area contributed by atoms with Gasteiger partial charge in [0, 0.05) is 19.6 Å². The van der Waals surface area contributed by atoms with Crippen LogP contribution in [0.4, 0.5) is 0 Å². The highest BCUT2D eigenvalue weighted by Gasteiger charge is 2.32. The van der Waals surface area contributed by atoms with E-state index < -0.39 is 28.8 Å². The van der Waals surface area contributed by atoms with Gasteiger partial charge in [0.15, 0.2) is 6.10 Å². The number of carbonyl (C=O) groups excluding carboxylic acids is 1. The molecule has 0 saturated carbocycles. The van der Waals surface area contributed by atoms with E-state index in [2.05, 4.69) is 4.74 Å². The molecule has 116 valence electrons. The van der Waals surface area contributed by atoms with Crippen molar-refractivity contribution in [2.24, 2.45) is 5.92 Å². The molecule has 1 heterocycles. The second-order valence-corrected chi connectivity index (χ2v) is 6.16. The molecule has 0 spiro atoms. The number of carboxylic acids is 1. The van der Waals surface area contributed by atoms with Crippen molar-refractivity contribution in [1.82, 2.24) is 9.03 Å². The third-order valence-electron chi connectivity index (χ3n) is 3.07. The van der Waals surface area contributed by atoms with E-state index in [-0.39, 0.29) is 25.0 Å². The second-order valence-electron chi connectivity index (χ2n) is 4.40. The first-order chi connectivity index (χ1) is 9.27. The minimum absolute atomic E-state index is 0.137. The van der Waals surface area contributed by atoms with Crippen LogP contribution in [0, 0.1) is 5.92 Å². The van der Waals surface area contributed by atoms with Gasteiger partial charge in [0.2, 0.25) is 0 Å². The molecule has 0 aromatic heterocycles. The lowest BCUT2D eigenvalue weighted by atomic mass is 9.99. The number of piperidine rings is 1. The van der Waals surface area contributed by atoms with Crippen molar-refractivity contribution in [2.75, 3.05) is 26.7 Å². The fourth-order valence-corrected chi connectivity index (χ4v) is 3.10. The number of ether oxygens (including phenoxy) is 1. The van der Waals surface area contributed by atoms with Crippen LogP contribution in [-0.2, 0) is 24.5 Å². The normalized spacial score (nSPS) is 19.5. The number of aliphatic hydroxyl groups excluding tert-OH is 1. The summed E-state index contributed by atoms with van der Waals surface area (Å²) >= 11 is 0. The van der Waals surface area contributed by atoms with Crippen LogP contribution in [0.2, 0.25) is 0 Å². The highest BCUT2D eigenvalue weighted by atomic mass is 32.2. The Labute approximate surface area is 116 Å². The van der Waals surface area contributed by atoms with Crippen molar-refractivity contribution in [2.45, 2.75) is 18.9 Å². The topological polar surface area (TPSA) is 133 Å². The van der Waals surface area contributed by atoms with Gasteiger partial charge in [0.1, 0.15) is 0 Å². The summed E-state index contributed by atoms with van der Waals surface area (Å²) in [7, 11) is -2.58. The molecule has 1 atom stereocenters. The smallest absolute Gasteiger partial charge is 0.333 e. The summed E-state index contributed by atoms with van der Waals surface area (Å²) in [4.78, 5) is 21.7. The Morgan fingerprint density at radius 2 is 1.95 bits per heavy atom. The number of carbonyl (C=O) groups is 2. The van der Waals surface area contributed by atoms with E-state index in [9.17, 15) is 18.0 Å². The molecule has 9 nitrogen and oxygen atoms in total. The first-order valence-electron chi connectivity index (χ1n) is 6.01. The zero-order valence-corrected chi connectivity index (χ0v) is 11.8. The summed E-state index contributed by atoms with van der Waals surface area (Å²) in [5.74, 6) is -2.19. The first kappa shape index (κ1) is 16.8. The maximum absolute atomic E-state index is 11.9. The molecule has 0 aromatic rings. The molecule has 1 unspecified atom stereocenters. The monoisotopic (exact) mass is 310 g/mol. The molecule has 10 heteroatoms. The van der Waals surface area contributed by atoms with Gasteiger partial charge in [0.05, 0.1) is 13.0 Å². The number of aliphatic carboxylic acids is 1. The van der Waals surface area contributed by atoms with Crippen LogP contribution in [0.1, 0.15) is 12.8 Å². The number of esters is 1. The zero-order chi connectivity index (χ0) is 15.3. The second kappa shape index (κ2) is 6.97. The molecule has 0 amide bonds. The highest BCUT2D eigenvalue weighted by molar-refractivity contribution is 7.87. The highest BCUT2D eigenvalue weighted by Crippen LogP contribution is 2.20. The fraction of sp³-hybridized carbons (Fsp3) is 0.800. The molecule has 0 radical (unpaired) electrons. The Morgan fingerprint density at radius 1 is 1.40 bits per heavy atom. The number of carboxylic acid groups (broad SMARTS) is 1. The van der Waals surface area contributed by atoms with Crippen LogP contribution in [0.3, 0.4) is 0 Å². The van der Waals surface area contributed by atoms with Crippen molar-refractivity contribution in [3.63, 3.8) is 0 Å². The summed E-state index contributed by atoms with van der Waals surface area (Å²) in [5, 5.41) is 17.5. The van der Waals surface area contributed by atoms with E-state index in [1.54, 1.807) is 0 Å². The predicted molar refractivity (Wildman–Crippen MR) is 66.9 cm³/mol. The van der Waals surface area contributed by atoms with Crippen molar-refractivity contribution in [3.05, 3.63) is 0 Å². The summed E-state index contributed by atoms with van der Waals surface area (Å²) in [6, 6.07) is 0. The molecule has 0 aliphatic carbocycles. The Bertz CT molecular complexity index is 456. The third-order valence-corrected chi connectivity index (χ3v) is 4.65. The Kier molecular flexibility index (Phi) is 5.87. The maximum atomic E-state index is 11.9. The van der Waals surface area contributed by atoms with Gasteiger partial charge >= 0.3 is 11.9 Å². The largest absolute Gasteiger partial charge is 0.479 e. The molecular formula is C10H18N2O7S. The van der Waals surface area contributed by atoms with Crippen molar-refractivity contribution in [3.8, 4) is 0 Å².